The highest BCUT2D eigenvalue weighted by Gasteiger charge is 2.16. The van der Waals surface area contributed by atoms with E-state index in [0.717, 1.165) is 29.0 Å². The molecule has 0 aliphatic rings. The second-order valence-electron chi connectivity index (χ2n) is 8.92. The molecule has 1 N–H and O–H groups in total. The third-order valence-corrected chi connectivity index (χ3v) is 6.70. The minimum atomic E-state index is -0.280. The van der Waals surface area contributed by atoms with Crippen LogP contribution in [0.15, 0.2) is 84.2 Å². The lowest BCUT2D eigenvalue weighted by Crippen LogP contribution is -2.33. The molecule has 0 saturated carbocycles. The lowest BCUT2D eigenvalue weighted by atomic mass is 10.1. The van der Waals surface area contributed by atoms with Crippen LogP contribution in [0, 0.1) is 11.6 Å². The smallest absolute Gasteiger partial charge is 0.270 e. The quantitative estimate of drug-likeness (QED) is 0.257. The lowest BCUT2D eigenvalue weighted by molar-refractivity contribution is 0.0933. The minimum Gasteiger partial charge on any atom is -0.348 e. The van der Waals surface area contributed by atoms with E-state index in [1.807, 2.05) is 25.1 Å². The normalized spacial score (nSPS) is 12.0. The van der Waals surface area contributed by atoms with Gasteiger partial charge in [0.05, 0.1) is 6.54 Å². The van der Waals surface area contributed by atoms with Gasteiger partial charge in [-0.05, 0) is 60.7 Å². The molecule has 4 rings (SSSR count). The number of carbonyl (C=O) groups excluding carboxylic acids is 1. The molecule has 1 atom stereocenters. The van der Waals surface area contributed by atoms with Crippen LogP contribution in [0.25, 0.3) is 0 Å². The summed E-state index contributed by atoms with van der Waals surface area (Å²) in [5, 5.41) is 5.63. The van der Waals surface area contributed by atoms with Crippen LogP contribution in [0.4, 0.5) is 8.78 Å². The summed E-state index contributed by atoms with van der Waals surface area (Å²) in [5.41, 5.74) is 3.57. The van der Waals surface area contributed by atoms with Crippen LogP contribution in [-0.2, 0) is 26.1 Å². The Bertz CT molecular complexity index is 1200. The largest absolute Gasteiger partial charge is 0.348 e. The van der Waals surface area contributed by atoms with Crippen molar-refractivity contribution in [2.75, 3.05) is 0 Å². The van der Waals surface area contributed by atoms with Crippen molar-refractivity contribution in [3.63, 3.8) is 0 Å². The number of benzene rings is 3. The third-order valence-electron chi connectivity index (χ3n) is 5.87. The van der Waals surface area contributed by atoms with Gasteiger partial charge in [0.1, 0.15) is 22.3 Å². The Balaban J connectivity index is 1.38. The predicted molar refractivity (Wildman–Crippen MR) is 140 cm³/mol. The van der Waals surface area contributed by atoms with Gasteiger partial charge >= 0.3 is 0 Å². The first-order valence-corrected chi connectivity index (χ1v) is 12.8. The first-order chi connectivity index (χ1) is 17.4. The van der Waals surface area contributed by atoms with Crippen LogP contribution in [0.5, 0.6) is 0 Å². The second kappa shape index (κ2) is 12.5. The first-order valence-electron chi connectivity index (χ1n) is 11.9. The summed E-state index contributed by atoms with van der Waals surface area (Å²) in [4.78, 5) is 19.5. The molecule has 1 unspecified atom stereocenters. The first kappa shape index (κ1) is 25.7. The van der Waals surface area contributed by atoms with E-state index in [-0.39, 0.29) is 23.6 Å². The van der Waals surface area contributed by atoms with E-state index < -0.39 is 0 Å². The van der Waals surface area contributed by atoms with Crippen molar-refractivity contribution < 1.29 is 13.6 Å². The third kappa shape index (κ3) is 7.80. The number of nitrogens with one attached hydrogen (secondary N) is 1. The molecule has 1 aromatic heterocycles. The Kier molecular flexibility index (Phi) is 8.92. The van der Waals surface area contributed by atoms with Gasteiger partial charge in [-0.1, -0.05) is 54.6 Å². The number of aromatic nitrogens is 1. The summed E-state index contributed by atoms with van der Waals surface area (Å²) in [6.07, 6.45) is 1.74. The molecular weight excluding hydrogens is 476 g/mol. The molecule has 4 nitrogen and oxygen atoms in total. The van der Waals surface area contributed by atoms with Crippen molar-refractivity contribution in [2.24, 2.45) is 0 Å². The molecule has 1 heterocycles. The Morgan fingerprint density at radius 2 is 1.44 bits per heavy atom. The molecule has 0 bridgehead atoms. The average Bonchev–Trinajstić information content (AvgIpc) is 3.35. The summed E-state index contributed by atoms with van der Waals surface area (Å²) < 4.78 is 26.7. The highest BCUT2D eigenvalue weighted by molar-refractivity contribution is 7.09. The lowest BCUT2D eigenvalue weighted by Gasteiger charge is -2.21. The number of hydrogen-bond donors (Lipinski definition) is 1. The molecule has 36 heavy (non-hydrogen) atoms. The highest BCUT2D eigenvalue weighted by Crippen LogP contribution is 2.18. The van der Waals surface area contributed by atoms with E-state index in [4.69, 9.17) is 0 Å². The van der Waals surface area contributed by atoms with Crippen molar-refractivity contribution in [1.82, 2.24) is 15.2 Å². The maximum Gasteiger partial charge on any atom is 0.270 e. The van der Waals surface area contributed by atoms with Gasteiger partial charge in [-0.3, -0.25) is 9.69 Å². The molecule has 186 valence electrons. The monoisotopic (exact) mass is 505 g/mol. The number of halogens is 2. The highest BCUT2D eigenvalue weighted by atomic mass is 32.1. The average molecular weight is 506 g/mol. The minimum absolute atomic E-state index is 0.0244. The van der Waals surface area contributed by atoms with Gasteiger partial charge in [0, 0.05) is 24.5 Å². The number of hydrogen-bond acceptors (Lipinski definition) is 4. The van der Waals surface area contributed by atoms with Crippen LogP contribution >= 0.6 is 11.3 Å². The van der Waals surface area contributed by atoms with E-state index in [1.54, 1.807) is 29.6 Å². The van der Waals surface area contributed by atoms with E-state index in [9.17, 15) is 13.6 Å². The van der Waals surface area contributed by atoms with Crippen molar-refractivity contribution in [2.45, 2.75) is 45.4 Å². The molecule has 7 heteroatoms. The van der Waals surface area contributed by atoms with Crippen molar-refractivity contribution in [1.29, 1.82) is 0 Å². The van der Waals surface area contributed by atoms with Gasteiger partial charge < -0.3 is 5.32 Å². The predicted octanol–water partition coefficient (Wildman–Crippen LogP) is 6.37. The van der Waals surface area contributed by atoms with Crippen molar-refractivity contribution in [3.05, 3.63) is 123 Å². The standard InChI is InChI=1S/C29H29F2N3OS/c1-21(7-8-22-5-3-2-4-6-22)32-29(35)27-20-36-28(33-27)19-34(17-23-9-13-25(30)14-10-23)18-24-11-15-26(31)16-12-24/h2-6,9-16,20-21H,7-8,17-19H2,1H3,(H,32,35). The zero-order chi connectivity index (χ0) is 25.3. The second-order valence-corrected chi connectivity index (χ2v) is 9.87. The fourth-order valence-corrected chi connectivity index (χ4v) is 4.76. The molecule has 0 radical (unpaired) electrons. The fraction of sp³-hybridized carbons (Fsp3) is 0.241. The molecule has 0 aliphatic heterocycles. The molecule has 4 aromatic rings. The van der Waals surface area contributed by atoms with E-state index in [0.29, 0.717) is 25.3 Å². The SMILES string of the molecule is CC(CCc1ccccc1)NC(=O)c1csc(CN(Cc2ccc(F)cc2)Cc2ccc(F)cc2)n1. The summed E-state index contributed by atoms with van der Waals surface area (Å²) in [5.74, 6) is -0.739. The van der Waals surface area contributed by atoms with Crippen LogP contribution in [0.2, 0.25) is 0 Å². The zero-order valence-electron chi connectivity index (χ0n) is 20.2. The Hall–Kier alpha value is -3.42. The van der Waals surface area contributed by atoms with Gasteiger partial charge in [-0.2, -0.15) is 0 Å². The van der Waals surface area contributed by atoms with E-state index in [1.165, 1.54) is 41.2 Å². The van der Waals surface area contributed by atoms with Gasteiger partial charge in [0.2, 0.25) is 0 Å². The molecule has 0 fully saturated rings. The summed E-state index contributed by atoms with van der Waals surface area (Å²) in [7, 11) is 0. The van der Waals surface area contributed by atoms with Crippen LogP contribution in [0.3, 0.4) is 0 Å². The molecule has 0 saturated heterocycles. The molecule has 1 amide bonds. The fourth-order valence-electron chi connectivity index (χ4n) is 3.94. The van der Waals surface area contributed by atoms with E-state index in [2.05, 4.69) is 27.3 Å². The maximum absolute atomic E-state index is 13.4. The van der Waals surface area contributed by atoms with E-state index >= 15 is 0 Å². The molecule has 0 spiro atoms. The number of thiazole rings is 1. The molecule has 3 aromatic carbocycles. The summed E-state index contributed by atoms with van der Waals surface area (Å²) in [6.45, 7) is 3.64. The topological polar surface area (TPSA) is 45.2 Å². The Morgan fingerprint density at radius 3 is 2.03 bits per heavy atom. The van der Waals surface area contributed by atoms with Crippen molar-refractivity contribution in [3.8, 4) is 0 Å². The maximum atomic E-state index is 13.4. The summed E-state index contributed by atoms with van der Waals surface area (Å²) >= 11 is 1.44. The molecular formula is C29H29F2N3OS. The number of rotatable bonds is 11. The van der Waals surface area contributed by atoms with Gasteiger partial charge in [-0.15, -0.1) is 11.3 Å². The van der Waals surface area contributed by atoms with Gasteiger partial charge in [0.15, 0.2) is 0 Å². The Morgan fingerprint density at radius 1 is 0.861 bits per heavy atom. The molecule has 0 aliphatic carbocycles. The van der Waals surface area contributed by atoms with Crippen LogP contribution < -0.4 is 5.32 Å². The summed E-state index contributed by atoms with van der Waals surface area (Å²) in [6, 6.07) is 23.0. The van der Waals surface area contributed by atoms with Crippen LogP contribution in [0.1, 0.15) is 45.5 Å². The number of carbonyl (C=O) groups is 1. The number of nitrogens with zero attached hydrogens (tertiary/aromatic N) is 2. The number of amides is 1. The van der Waals surface area contributed by atoms with Crippen molar-refractivity contribution >= 4 is 17.2 Å². The van der Waals surface area contributed by atoms with Gasteiger partial charge in [-0.25, -0.2) is 13.8 Å². The number of aryl methyl sites for hydroxylation is 1. The van der Waals surface area contributed by atoms with Crippen LogP contribution in [-0.4, -0.2) is 21.8 Å². The Labute approximate surface area is 214 Å². The zero-order valence-corrected chi connectivity index (χ0v) is 21.0. The van der Waals surface area contributed by atoms with Gasteiger partial charge in [0.25, 0.3) is 5.91 Å².